The summed E-state index contributed by atoms with van der Waals surface area (Å²) in [5.74, 6) is 4.18. The summed E-state index contributed by atoms with van der Waals surface area (Å²) in [5.41, 5.74) is 2.10. The first-order chi connectivity index (χ1) is 10.7. The number of hydrogen-bond acceptors (Lipinski definition) is 1. The van der Waals surface area contributed by atoms with Crippen LogP contribution in [0.4, 0.5) is 0 Å². The lowest BCUT2D eigenvalue weighted by atomic mass is 9.53. The summed E-state index contributed by atoms with van der Waals surface area (Å²) in [6.45, 7) is 12.7. The largest absolute Gasteiger partial charge is 0.332 e. The molecule has 2 atom stereocenters. The second-order valence-corrected chi connectivity index (χ2v) is 16.1. The zero-order valence-corrected chi connectivity index (χ0v) is 17.3. The van der Waals surface area contributed by atoms with Crippen molar-refractivity contribution in [1.82, 2.24) is 4.98 Å². The van der Waals surface area contributed by atoms with Crippen LogP contribution in [0.1, 0.15) is 78.6 Å². The van der Waals surface area contributed by atoms with Crippen molar-refractivity contribution in [3.05, 3.63) is 0 Å². The van der Waals surface area contributed by atoms with Crippen molar-refractivity contribution in [2.75, 3.05) is 0 Å². The predicted octanol–water partition coefficient (Wildman–Crippen LogP) is 5.97. The summed E-state index contributed by atoms with van der Waals surface area (Å²) in [7, 11) is -1.33. The van der Waals surface area contributed by atoms with E-state index in [0.29, 0.717) is 11.0 Å². The Bertz CT molecular complexity index is 426. The Hall–Kier alpha value is 0.177. The molecule has 0 aromatic heterocycles. The Morgan fingerprint density at radius 2 is 1.35 bits per heavy atom. The Morgan fingerprint density at radius 1 is 0.826 bits per heavy atom. The van der Waals surface area contributed by atoms with Gasteiger partial charge in [-0.15, -0.1) is 0 Å². The molecule has 5 aliphatic rings. The van der Waals surface area contributed by atoms with Gasteiger partial charge >= 0.3 is 0 Å². The lowest BCUT2D eigenvalue weighted by molar-refractivity contribution is -0.00993. The summed E-state index contributed by atoms with van der Waals surface area (Å²) in [5, 5.41) is 0. The molecule has 1 nitrogen and oxygen atoms in total. The summed E-state index contributed by atoms with van der Waals surface area (Å²) in [6, 6.07) is 0. The fourth-order valence-corrected chi connectivity index (χ4v) is 11.1. The van der Waals surface area contributed by atoms with Gasteiger partial charge in [-0.25, -0.2) is 0 Å². The minimum Gasteiger partial charge on any atom is -0.332 e. The van der Waals surface area contributed by atoms with Crippen LogP contribution in [0.3, 0.4) is 0 Å². The standard InChI is InChI=1S/C21H39NSi/c1-20(2,3)18-6-7-19(11-18)23(4,5)22-21-12-15-8-16(13-21)10-17(9-15)14-21/h15-19,22H,6-14H2,1-5H3. The van der Waals surface area contributed by atoms with E-state index in [1.165, 1.54) is 38.5 Å². The molecule has 23 heavy (non-hydrogen) atoms. The molecular weight excluding hydrogens is 294 g/mol. The van der Waals surface area contributed by atoms with Gasteiger partial charge in [0.15, 0.2) is 0 Å². The van der Waals surface area contributed by atoms with Crippen LogP contribution in [0.25, 0.3) is 0 Å². The minimum absolute atomic E-state index is 0.514. The van der Waals surface area contributed by atoms with Crippen LogP contribution in [0.5, 0.6) is 0 Å². The quantitative estimate of drug-likeness (QED) is 0.628. The van der Waals surface area contributed by atoms with E-state index in [0.717, 1.165) is 29.2 Å². The van der Waals surface area contributed by atoms with Crippen LogP contribution in [-0.4, -0.2) is 13.8 Å². The van der Waals surface area contributed by atoms with E-state index >= 15 is 0 Å². The fraction of sp³-hybridized carbons (Fsp3) is 1.00. The van der Waals surface area contributed by atoms with E-state index in [1.54, 1.807) is 19.3 Å². The molecule has 1 N–H and O–H groups in total. The molecule has 5 rings (SSSR count). The maximum atomic E-state index is 4.45. The number of hydrogen-bond donors (Lipinski definition) is 1. The number of rotatable bonds is 3. The van der Waals surface area contributed by atoms with E-state index in [-0.39, 0.29) is 0 Å². The molecule has 0 aromatic carbocycles. The summed E-state index contributed by atoms with van der Waals surface area (Å²) in [6.07, 6.45) is 13.7. The van der Waals surface area contributed by atoms with E-state index in [1.807, 2.05) is 0 Å². The van der Waals surface area contributed by atoms with Crippen molar-refractivity contribution >= 4 is 8.24 Å². The SMILES string of the molecule is CC(C)(C)C1CCC([Si](C)(C)NC23CC4CC(CC(C4)C2)C3)C1. The molecule has 132 valence electrons. The maximum absolute atomic E-state index is 4.45. The van der Waals surface area contributed by atoms with Crippen molar-refractivity contribution in [3.63, 3.8) is 0 Å². The van der Waals surface area contributed by atoms with Gasteiger partial charge in [0.2, 0.25) is 0 Å². The molecule has 0 heterocycles. The first-order valence-electron chi connectivity index (χ1n) is 10.4. The van der Waals surface area contributed by atoms with Gasteiger partial charge in [0.25, 0.3) is 0 Å². The van der Waals surface area contributed by atoms with Gasteiger partial charge in [-0.1, -0.05) is 40.3 Å². The van der Waals surface area contributed by atoms with Crippen LogP contribution in [0.15, 0.2) is 0 Å². The normalized spacial score (nSPS) is 46.6. The summed E-state index contributed by atoms with van der Waals surface area (Å²) in [4.78, 5) is 4.45. The molecule has 0 radical (unpaired) electrons. The molecule has 5 aliphatic carbocycles. The second-order valence-electron chi connectivity index (χ2n) is 11.6. The Morgan fingerprint density at radius 3 is 1.78 bits per heavy atom. The highest BCUT2D eigenvalue weighted by atomic mass is 28.3. The van der Waals surface area contributed by atoms with Gasteiger partial charge < -0.3 is 4.98 Å². The molecular formula is C21H39NSi. The first-order valence-corrected chi connectivity index (χ1v) is 13.5. The third-order valence-electron chi connectivity index (χ3n) is 8.30. The van der Waals surface area contributed by atoms with E-state index < -0.39 is 8.24 Å². The van der Waals surface area contributed by atoms with Gasteiger partial charge in [-0.05, 0) is 86.0 Å². The molecule has 0 aromatic rings. The van der Waals surface area contributed by atoms with Gasteiger partial charge in [0, 0.05) is 5.54 Å². The molecule has 2 unspecified atom stereocenters. The monoisotopic (exact) mass is 333 g/mol. The highest BCUT2D eigenvalue weighted by Crippen LogP contribution is 2.57. The average Bonchev–Trinajstić information content (AvgIpc) is 2.85. The van der Waals surface area contributed by atoms with E-state index in [2.05, 4.69) is 38.8 Å². The Kier molecular flexibility index (Phi) is 3.86. The minimum atomic E-state index is -1.33. The maximum Gasteiger partial charge on any atom is 0.122 e. The van der Waals surface area contributed by atoms with Crippen molar-refractivity contribution in [2.45, 2.75) is 103 Å². The van der Waals surface area contributed by atoms with E-state index in [9.17, 15) is 0 Å². The molecule has 5 saturated carbocycles. The Labute approximate surface area is 145 Å². The van der Waals surface area contributed by atoms with Crippen LogP contribution in [0, 0.1) is 29.1 Å². The summed E-state index contributed by atoms with van der Waals surface area (Å²) < 4.78 is 0. The molecule has 2 heteroatoms. The van der Waals surface area contributed by atoms with Gasteiger partial charge in [0.05, 0.1) is 0 Å². The fourth-order valence-electron chi connectivity index (χ4n) is 7.47. The molecule has 0 saturated heterocycles. The highest BCUT2D eigenvalue weighted by Gasteiger charge is 2.53. The third-order valence-corrected chi connectivity index (χ3v) is 12.0. The van der Waals surface area contributed by atoms with E-state index in [4.69, 9.17) is 0 Å². The predicted molar refractivity (Wildman–Crippen MR) is 102 cm³/mol. The summed E-state index contributed by atoms with van der Waals surface area (Å²) >= 11 is 0. The molecule has 4 bridgehead atoms. The van der Waals surface area contributed by atoms with Crippen LogP contribution in [-0.2, 0) is 0 Å². The topological polar surface area (TPSA) is 12.0 Å². The van der Waals surface area contributed by atoms with Crippen LogP contribution >= 0.6 is 0 Å². The smallest absolute Gasteiger partial charge is 0.122 e. The number of nitrogens with one attached hydrogen (secondary N) is 1. The lowest BCUT2D eigenvalue weighted by Gasteiger charge is -2.59. The molecule has 0 spiro atoms. The lowest BCUT2D eigenvalue weighted by Crippen LogP contribution is -2.66. The third kappa shape index (κ3) is 3.08. The van der Waals surface area contributed by atoms with Crippen molar-refractivity contribution in [3.8, 4) is 0 Å². The molecule has 0 aliphatic heterocycles. The van der Waals surface area contributed by atoms with Crippen molar-refractivity contribution < 1.29 is 0 Å². The average molecular weight is 334 g/mol. The van der Waals surface area contributed by atoms with Crippen LogP contribution in [0.2, 0.25) is 18.6 Å². The van der Waals surface area contributed by atoms with Crippen molar-refractivity contribution in [1.29, 1.82) is 0 Å². The van der Waals surface area contributed by atoms with Gasteiger partial charge in [-0.2, -0.15) is 0 Å². The van der Waals surface area contributed by atoms with Gasteiger partial charge in [0.1, 0.15) is 8.24 Å². The highest BCUT2D eigenvalue weighted by molar-refractivity contribution is 6.76. The van der Waals surface area contributed by atoms with Gasteiger partial charge in [-0.3, -0.25) is 0 Å². The molecule has 0 amide bonds. The Balaban J connectivity index is 1.46. The zero-order chi connectivity index (χ0) is 16.5. The first kappa shape index (κ1) is 16.6. The van der Waals surface area contributed by atoms with Crippen LogP contribution < -0.4 is 4.98 Å². The zero-order valence-electron chi connectivity index (χ0n) is 16.3. The molecule has 5 fully saturated rings. The second kappa shape index (κ2) is 5.33. The van der Waals surface area contributed by atoms with Crippen molar-refractivity contribution in [2.24, 2.45) is 29.1 Å².